The van der Waals surface area contributed by atoms with Crippen LogP contribution >= 0.6 is 10.6 Å². The highest BCUT2D eigenvalue weighted by atomic mass is 32.3. The molecule has 3 aromatic rings. The molecule has 3 N–H and O–H groups in total. The second-order valence-electron chi connectivity index (χ2n) is 8.74. The van der Waals surface area contributed by atoms with E-state index in [1.165, 1.54) is 22.8 Å². The van der Waals surface area contributed by atoms with Crippen molar-refractivity contribution in [1.29, 1.82) is 0 Å². The Hall–Kier alpha value is -3.03. The van der Waals surface area contributed by atoms with E-state index in [1.54, 1.807) is 20.8 Å². The van der Waals surface area contributed by atoms with Gasteiger partial charge >= 0.3 is 12.3 Å². The molecule has 9 nitrogen and oxygen atoms in total. The van der Waals surface area contributed by atoms with Gasteiger partial charge in [-0.15, -0.1) is 0 Å². The minimum atomic E-state index is -3.18. The number of pyridine rings is 1. The number of hydrogen-bond donors (Lipinski definition) is 3. The number of nitrogens with one attached hydrogen (secondary N) is 1. The number of aromatic nitrogens is 3. The van der Waals surface area contributed by atoms with Crippen molar-refractivity contribution in [2.24, 2.45) is 0 Å². The number of rotatable bonds is 6. The third-order valence-corrected chi connectivity index (χ3v) is 7.63. The van der Waals surface area contributed by atoms with Gasteiger partial charge in [0.1, 0.15) is 0 Å². The van der Waals surface area contributed by atoms with E-state index in [4.69, 9.17) is 0 Å². The normalized spacial score (nSPS) is 17.6. The number of fused-ring (bicyclic) bond motifs is 1. The van der Waals surface area contributed by atoms with Gasteiger partial charge in [0.15, 0.2) is 5.82 Å². The molecule has 0 bridgehead atoms. The van der Waals surface area contributed by atoms with Gasteiger partial charge < -0.3 is 10.1 Å². The fourth-order valence-electron chi connectivity index (χ4n) is 4.23. The number of amides is 1. The van der Waals surface area contributed by atoms with Crippen molar-refractivity contribution in [2.45, 2.75) is 39.0 Å². The lowest BCUT2D eigenvalue weighted by molar-refractivity contribution is -0.0529. The molecule has 0 radical (unpaired) electrons. The Balaban J connectivity index is 1.80. The maximum Gasteiger partial charge on any atom is 0.388 e. The van der Waals surface area contributed by atoms with Crippen LogP contribution in [0.2, 0.25) is 0 Å². The third-order valence-electron chi connectivity index (χ3n) is 5.43. The van der Waals surface area contributed by atoms with Gasteiger partial charge in [0.25, 0.3) is 5.91 Å². The van der Waals surface area contributed by atoms with Crippen LogP contribution in [0.25, 0.3) is 16.7 Å². The van der Waals surface area contributed by atoms with Crippen LogP contribution in [0.4, 0.5) is 13.2 Å². The topological polar surface area (TPSA) is 119 Å². The summed E-state index contributed by atoms with van der Waals surface area (Å²) in [5.74, 6) is -1.86. The SMILES string of the molecule is CC(C)n1c(=O)n(-c2cc(OC(F)F)ncc2F)c2ccc(C(=O)NC3(C)CS(O)(O)C3)cc21. The lowest BCUT2D eigenvalue weighted by atomic mass is 10.1. The molecule has 1 aliphatic rings. The molecule has 13 heteroatoms. The van der Waals surface area contributed by atoms with Crippen molar-refractivity contribution in [3.63, 3.8) is 0 Å². The Morgan fingerprint density at radius 1 is 1.24 bits per heavy atom. The van der Waals surface area contributed by atoms with E-state index in [9.17, 15) is 31.9 Å². The van der Waals surface area contributed by atoms with Gasteiger partial charge in [-0.2, -0.15) is 19.4 Å². The van der Waals surface area contributed by atoms with Crippen LogP contribution in [0.15, 0.2) is 35.3 Å². The molecule has 0 aliphatic carbocycles. The first-order valence-corrected chi connectivity index (χ1v) is 12.1. The van der Waals surface area contributed by atoms with E-state index in [1.807, 2.05) is 0 Å². The predicted molar refractivity (Wildman–Crippen MR) is 121 cm³/mol. The Morgan fingerprint density at radius 2 is 1.91 bits per heavy atom. The summed E-state index contributed by atoms with van der Waals surface area (Å²) in [6.45, 7) is 1.98. The summed E-state index contributed by atoms with van der Waals surface area (Å²) in [6.07, 6.45) is 0.684. The number of carbonyl (C=O) groups is 1. The van der Waals surface area contributed by atoms with Crippen molar-refractivity contribution in [1.82, 2.24) is 19.4 Å². The second kappa shape index (κ2) is 8.32. The Kier molecular flexibility index (Phi) is 5.90. The molecule has 0 atom stereocenters. The fraction of sp³-hybridized carbons (Fsp3) is 0.381. The van der Waals surface area contributed by atoms with Gasteiger partial charge in [-0.25, -0.2) is 14.2 Å². The van der Waals surface area contributed by atoms with Gasteiger partial charge in [0, 0.05) is 17.7 Å². The van der Waals surface area contributed by atoms with E-state index in [0.717, 1.165) is 10.6 Å². The summed E-state index contributed by atoms with van der Waals surface area (Å²) in [5, 5.41) is 2.78. The number of nitrogens with zero attached hydrogens (tertiary/aromatic N) is 3. The smallest absolute Gasteiger partial charge is 0.388 e. The number of alkyl halides is 2. The number of imidazole rings is 1. The minimum Gasteiger partial charge on any atom is -0.417 e. The molecule has 184 valence electrons. The summed E-state index contributed by atoms with van der Waals surface area (Å²) in [4.78, 5) is 29.6. The molecule has 1 aromatic carbocycles. The molecule has 0 spiro atoms. The van der Waals surface area contributed by atoms with Gasteiger partial charge in [0.2, 0.25) is 5.88 Å². The van der Waals surface area contributed by atoms with E-state index in [0.29, 0.717) is 11.7 Å². The van der Waals surface area contributed by atoms with Crippen LogP contribution in [-0.2, 0) is 0 Å². The first kappa shape index (κ1) is 24.1. The summed E-state index contributed by atoms with van der Waals surface area (Å²) in [5.41, 5.74) is -0.966. The molecule has 1 fully saturated rings. The molecule has 0 unspecified atom stereocenters. The molecule has 34 heavy (non-hydrogen) atoms. The summed E-state index contributed by atoms with van der Waals surface area (Å²) < 4.78 is 65.8. The van der Waals surface area contributed by atoms with Crippen LogP contribution in [0.5, 0.6) is 5.88 Å². The molecule has 0 saturated carbocycles. The molecule has 1 amide bonds. The average molecular weight is 500 g/mol. The van der Waals surface area contributed by atoms with Gasteiger partial charge in [-0.3, -0.25) is 23.0 Å². The molecule has 4 rings (SSSR count). The van der Waals surface area contributed by atoms with E-state index < -0.39 is 46.0 Å². The standard InChI is InChI=1S/C21H23F3N4O5S/c1-11(2)27-16-6-12(18(29)26-21(3)9-34(31,32)10-21)4-5-14(16)28(20(27)30)15-7-17(33-19(23)24)25-8-13(15)22/h4-8,11,19,31-32H,9-10H2,1-3H3,(H,26,29). The zero-order valence-electron chi connectivity index (χ0n) is 18.5. The first-order valence-electron chi connectivity index (χ1n) is 10.2. The Bertz CT molecular complexity index is 1330. The highest BCUT2D eigenvalue weighted by Crippen LogP contribution is 2.53. The van der Waals surface area contributed by atoms with Crippen LogP contribution in [0.3, 0.4) is 0 Å². The van der Waals surface area contributed by atoms with Crippen molar-refractivity contribution in [2.75, 3.05) is 11.5 Å². The third kappa shape index (κ3) is 4.38. The lowest BCUT2D eigenvalue weighted by Crippen LogP contribution is -2.61. The van der Waals surface area contributed by atoms with Crippen LogP contribution in [0, 0.1) is 5.82 Å². The number of ether oxygens (including phenoxy) is 1. The van der Waals surface area contributed by atoms with E-state index in [-0.39, 0.29) is 34.3 Å². The Morgan fingerprint density at radius 3 is 2.50 bits per heavy atom. The van der Waals surface area contributed by atoms with Gasteiger partial charge in [-0.1, -0.05) is 0 Å². The van der Waals surface area contributed by atoms with Crippen molar-refractivity contribution in [3.05, 3.63) is 52.3 Å². The van der Waals surface area contributed by atoms with Gasteiger partial charge in [0.05, 0.1) is 40.0 Å². The average Bonchev–Trinajstić information content (AvgIpc) is 2.98. The van der Waals surface area contributed by atoms with Crippen LogP contribution in [-0.4, -0.2) is 52.8 Å². The largest absolute Gasteiger partial charge is 0.417 e. The zero-order chi connectivity index (χ0) is 25.0. The highest BCUT2D eigenvalue weighted by Gasteiger charge is 2.45. The first-order chi connectivity index (χ1) is 15.8. The monoisotopic (exact) mass is 500 g/mol. The zero-order valence-corrected chi connectivity index (χ0v) is 19.3. The maximum absolute atomic E-state index is 14.6. The molecule has 1 saturated heterocycles. The van der Waals surface area contributed by atoms with Gasteiger partial charge in [-0.05, 0) is 39.0 Å². The number of carbonyl (C=O) groups excluding carboxylic acids is 1. The molecule has 2 aromatic heterocycles. The van der Waals surface area contributed by atoms with E-state index >= 15 is 0 Å². The fourth-order valence-corrected chi connectivity index (χ4v) is 6.33. The number of hydrogen-bond acceptors (Lipinski definition) is 6. The lowest BCUT2D eigenvalue weighted by Gasteiger charge is -2.54. The molecular formula is C21H23F3N4O5S. The molecule has 3 heterocycles. The number of benzene rings is 1. The van der Waals surface area contributed by atoms with Crippen molar-refractivity contribution >= 4 is 27.5 Å². The van der Waals surface area contributed by atoms with E-state index in [2.05, 4.69) is 15.0 Å². The predicted octanol–water partition coefficient (Wildman–Crippen LogP) is 3.76. The Labute approximate surface area is 193 Å². The van der Waals surface area contributed by atoms with Crippen LogP contribution < -0.4 is 15.7 Å². The second-order valence-corrected chi connectivity index (χ2v) is 10.9. The molecular weight excluding hydrogens is 477 g/mol. The maximum atomic E-state index is 14.6. The summed E-state index contributed by atoms with van der Waals surface area (Å²) in [6, 6.07) is 4.89. The minimum absolute atomic E-state index is 0.0470. The highest BCUT2D eigenvalue weighted by molar-refractivity contribution is 8.25. The summed E-state index contributed by atoms with van der Waals surface area (Å²) in [7, 11) is -2.68. The van der Waals surface area contributed by atoms with Crippen LogP contribution in [0.1, 0.15) is 37.2 Å². The van der Waals surface area contributed by atoms with Crippen molar-refractivity contribution in [3.8, 4) is 11.6 Å². The van der Waals surface area contributed by atoms with Crippen molar-refractivity contribution < 1.29 is 31.8 Å². The summed E-state index contributed by atoms with van der Waals surface area (Å²) >= 11 is 0. The molecule has 1 aliphatic heterocycles. The quantitative estimate of drug-likeness (QED) is 0.474. The number of halogens is 3.